The van der Waals surface area contributed by atoms with Gasteiger partial charge >= 0.3 is 0 Å². The number of hydrogen-bond acceptors (Lipinski definition) is 6. The van der Waals surface area contributed by atoms with E-state index in [0.29, 0.717) is 33.9 Å². The minimum Gasteiger partial charge on any atom is -0.493 e. The highest BCUT2D eigenvalue weighted by Gasteiger charge is 2.29. The Morgan fingerprint density at radius 3 is 2.23 bits per heavy atom. The van der Waals surface area contributed by atoms with Crippen molar-refractivity contribution >= 4 is 11.6 Å². The van der Waals surface area contributed by atoms with Crippen LogP contribution >= 0.6 is 11.6 Å². The van der Waals surface area contributed by atoms with Gasteiger partial charge in [-0.15, -0.1) is 6.42 Å². The van der Waals surface area contributed by atoms with Crippen LogP contribution in [-0.2, 0) is 0 Å². The van der Waals surface area contributed by atoms with E-state index in [1.165, 1.54) is 34.6 Å². The Hall–Kier alpha value is -2.62. The van der Waals surface area contributed by atoms with Gasteiger partial charge in [0.25, 0.3) is 0 Å². The minimum atomic E-state index is -1.21. The van der Waals surface area contributed by atoms with Gasteiger partial charge in [0.05, 0.1) is 50.8 Å². The van der Waals surface area contributed by atoms with Crippen molar-refractivity contribution in [2.45, 2.75) is 13.0 Å². The number of terminal acetylenes is 1. The largest absolute Gasteiger partial charge is 0.493 e. The molecule has 0 aliphatic carbocycles. The van der Waals surface area contributed by atoms with E-state index in [2.05, 4.69) is 10.9 Å². The van der Waals surface area contributed by atoms with E-state index in [1.807, 2.05) is 6.92 Å². The van der Waals surface area contributed by atoms with Gasteiger partial charge in [-0.2, -0.15) is 0 Å². The summed E-state index contributed by atoms with van der Waals surface area (Å²) in [4.78, 5) is 4.11. The quantitative estimate of drug-likeness (QED) is 0.780. The highest BCUT2D eigenvalue weighted by molar-refractivity contribution is 6.31. The number of aliphatic hydroxyl groups excluding tert-OH is 1. The predicted octanol–water partition coefficient (Wildman–Crippen LogP) is 3.14. The third-order valence-electron chi connectivity index (χ3n) is 3.99. The molecular weight excluding hydrogens is 358 g/mol. The summed E-state index contributed by atoms with van der Waals surface area (Å²) in [7, 11) is 5.92. The first-order chi connectivity index (χ1) is 12.4. The van der Waals surface area contributed by atoms with Crippen molar-refractivity contribution in [3.8, 4) is 35.5 Å². The number of halogens is 1. The molecule has 1 heterocycles. The van der Waals surface area contributed by atoms with E-state index in [9.17, 15) is 5.11 Å². The summed E-state index contributed by atoms with van der Waals surface area (Å²) >= 11 is 6.16. The molecule has 0 fully saturated rings. The second-order valence-electron chi connectivity index (χ2n) is 5.33. The fraction of sp³-hybridized carbons (Fsp3) is 0.316. The SMILES string of the molecule is C#Cc1c(Cl)cnc(OC)c1C(O)c1c(C)cc(OC)c(OC)c1OC. The third-order valence-corrected chi connectivity index (χ3v) is 4.28. The Kier molecular flexibility index (Phi) is 6.19. The summed E-state index contributed by atoms with van der Waals surface area (Å²) in [5.41, 5.74) is 1.72. The van der Waals surface area contributed by atoms with Gasteiger partial charge < -0.3 is 24.1 Å². The van der Waals surface area contributed by atoms with Crippen LogP contribution in [0, 0.1) is 19.3 Å². The molecule has 2 aromatic rings. The molecule has 0 saturated carbocycles. The zero-order valence-corrected chi connectivity index (χ0v) is 16.0. The average Bonchev–Trinajstić information content (AvgIpc) is 2.65. The Morgan fingerprint density at radius 1 is 1.08 bits per heavy atom. The normalized spacial score (nSPS) is 11.5. The molecule has 26 heavy (non-hydrogen) atoms. The van der Waals surface area contributed by atoms with Crippen LogP contribution < -0.4 is 18.9 Å². The lowest BCUT2D eigenvalue weighted by molar-refractivity contribution is 0.205. The van der Waals surface area contributed by atoms with Crippen LogP contribution in [0.5, 0.6) is 23.1 Å². The van der Waals surface area contributed by atoms with E-state index in [0.717, 1.165) is 0 Å². The monoisotopic (exact) mass is 377 g/mol. The van der Waals surface area contributed by atoms with E-state index in [4.69, 9.17) is 37.0 Å². The molecule has 1 N–H and O–H groups in total. The van der Waals surface area contributed by atoms with Crippen LogP contribution in [0.2, 0.25) is 5.02 Å². The van der Waals surface area contributed by atoms with Gasteiger partial charge in [0, 0.05) is 5.56 Å². The first-order valence-corrected chi connectivity index (χ1v) is 7.99. The number of aryl methyl sites for hydroxylation is 1. The molecular formula is C19H20ClNO5. The standard InChI is InChI=1S/C19H20ClNO5/c1-7-11-12(20)9-21-19(26-6)15(11)16(22)14-10(2)8-13(23-3)17(24-4)18(14)25-5/h1,8-9,16,22H,2-6H3. The number of hydrogen-bond donors (Lipinski definition) is 1. The van der Waals surface area contributed by atoms with Gasteiger partial charge in [0.15, 0.2) is 11.5 Å². The second kappa shape index (κ2) is 8.17. The molecule has 1 aromatic carbocycles. The van der Waals surface area contributed by atoms with Crippen molar-refractivity contribution in [3.05, 3.63) is 39.5 Å². The highest BCUT2D eigenvalue weighted by atomic mass is 35.5. The van der Waals surface area contributed by atoms with Crippen LogP contribution in [-0.4, -0.2) is 38.5 Å². The fourth-order valence-electron chi connectivity index (χ4n) is 2.83. The number of ether oxygens (including phenoxy) is 4. The van der Waals surface area contributed by atoms with Crippen LogP contribution in [0.4, 0.5) is 0 Å². The lowest BCUT2D eigenvalue weighted by atomic mass is 9.93. The van der Waals surface area contributed by atoms with Crippen molar-refractivity contribution in [2.24, 2.45) is 0 Å². The zero-order valence-electron chi connectivity index (χ0n) is 15.2. The molecule has 0 spiro atoms. The number of aromatic nitrogens is 1. The number of benzene rings is 1. The lowest BCUT2D eigenvalue weighted by Gasteiger charge is -2.23. The lowest BCUT2D eigenvalue weighted by Crippen LogP contribution is -2.11. The van der Waals surface area contributed by atoms with E-state index >= 15 is 0 Å². The Morgan fingerprint density at radius 2 is 1.73 bits per heavy atom. The van der Waals surface area contributed by atoms with Gasteiger partial charge in [-0.3, -0.25) is 0 Å². The first kappa shape index (κ1) is 19.7. The molecule has 1 atom stereocenters. The molecule has 1 unspecified atom stereocenters. The molecule has 0 radical (unpaired) electrons. The maximum atomic E-state index is 11.2. The van der Waals surface area contributed by atoms with Crippen LogP contribution in [0.1, 0.15) is 28.4 Å². The Labute approximate surface area is 157 Å². The van der Waals surface area contributed by atoms with E-state index in [-0.39, 0.29) is 16.5 Å². The van der Waals surface area contributed by atoms with Crippen LogP contribution in [0.15, 0.2) is 12.3 Å². The molecule has 0 bridgehead atoms. The summed E-state index contributed by atoms with van der Waals surface area (Å²) in [6.45, 7) is 1.81. The number of methoxy groups -OCH3 is 4. The average molecular weight is 378 g/mol. The topological polar surface area (TPSA) is 70.0 Å². The maximum absolute atomic E-state index is 11.2. The maximum Gasteiger partial charge on any atom is 0.220 e. The van der Waals surface area contributed by atoms with E-state index in [1.54, 1.807) is 6.07 Å². The van der Waals surface area contributed by atoms with Crippen LogP contribution in [0.3, 0.4) is 0 Å². The van der Waals surface area contributed by atoms with Crippen molar-refractivity contribution < 1.29 is 24.1 Å². The summed E-state index contributed by atoms with van der Waals surface area (Å²) in [6, 6.07) is 1.74. The predicted molar refractivity (Wildman–Crippen MR) is 98.6 cm³/mol. The van der Waals surface area contributed by atoms with Gasteiger partial charge in [0.1, 0.15) is 6.10 Å². The van der Waals surface area contributed by atoms with Gasteiger partial charge in [-0.1, -0.05) is 17.5 Å². The van der Waals surface area contributed by atoms with Crippen molar-refractivity contribution in [2.75, 3.05) is 28.4 Å². The molecule has 6 nitrogen and oxygen atoms in total. The fourth-order valence-corrected chi connectivity index (χ4v) is 3.04. The van der Waals surface area contributed by atoms with Gasteiger partial charge in [-0.25, -0.2) is 4.98 Å². The molecule has 0 aliphatic heterocycles. The number of aliphatic hydroxyl groups is 1. The minimum absolute atomic E-state index is 0.172. The van der Waals surface area contributed by atoms with Gasteiger partial charge in [-0.05, 0) is 18.6 Å². The Bertz CT molecular complexity index is 860. The van der Waals surface area contributed by atoms with Gasteiger partial charge in [0.2, 0.25) is 11.6 Å². The molecule has 0 aliphatic rings. The summed E-state index contributed by atoms with van der Waals surface area (Å²) < 4.78 is 21.5. The smallest absolute Gasteiger partial charge is 0.220 e. The van der Waals surface area contributed by atoms with Crippen LogP contribution in [0.25, 0.3) is 0 Å². The number of rotatable bonds is 6. The van der Waals surface area contributed by atoms with Crippen molar-refractivity contribution in [3.63, 3.8) is 0 Å². The van der Waals surface area contributed by atoms with Crippen molar-refractivity contribution in [1.29, 1.82) is 0 Å². The molecule has 0 amide bonds. The first-order valence-electron chi connectivity index (χ1n) is 7.61. The molecule has 2 rings (SSSR count). The highest BCUT2D eigenvalue weighted by Crippen LogP contribution is 2.47. The summed E-state index contributed by atoms with van der Waals surface area (Å²) in [6.07, 6.45) is 5.76. The summed E-state index contributed by atoms with van der Waals surface area (Å²) in [5.74, 6) is 3.81. The van der Waals surface area contributed by atoms with Crippen molar-refractivity contribution in [1.82, 2.24) is 4.98 Å². The third kappa shape index (κ3) is 3.24. The second-order valence-corrected chi connectivity index (χ2v) is 5.73. The van der Waals surface area contributed by atoms with E-state index < -0.39 is 6.10 Å². The molecule has 0 saturated heterocycles. The zero-order chi connectivity index (χ0) is 19.4. The Balaban J connectivity index is 2.82. The molecule has 1 aromatic heterocycles. The summed E-state index contributed by atoms with van der Waals surface area (Å²) in [5, 5.41) is 11.4. The number of pyridine rings is 1. The molecule has 7 heteroatoms. The molecule has 138 valence electrons. The number of nitrogens with zero attached hydrogens (tertiary/aromatic N) is 1.